The fourth-order valence-corrected chi connectivity index (χ4v) is 3.12. The van der Waals surface area contributed by atoms with Crippen molar-refractivity contribution in [2.45, 2.75) is 10.6 Å². The lowest BCUT2D eigenvalue weighted by Gasteiger charge is -1.98. The largest absolute Gasteiger partial charge is 0.384 e. The number of hydrogen-bond donors (Lipinski definition) is 1. The van der Waals surface area contributed by atoms with Crippen LogP contribution in [-0.4, -0.2) is 11.7 Å². The van der Waals surface area contributed by atoms with Gasteiger partial charge in [0.25, 0.3) is 0 Å². The average Bonchev–Trinajstić information content (AvgIpc) is 2.84. The summed E-state index contributed by atoms with van der Waals surface area (Å²) in [6.07, 6.45) is 0. The van der Waals surface area contributed by atoms with Gasteiger partial charge in [-0.15, -0.1) is 23.1 Å². The number of benzene rings is 1. The number of aliphatic hydroxyl groups excluding tert-OH is 1. The minimum absolute atomic E-state index is 0.116. The first-order valence-electron chi connectivity index (χ1n) is 5.33. The molecule has 0 unspecified atom stereocenters. The van der Waals surface area contributed by atoms with Gasteiger partial charge in [-0.25, -0.2) is 4.39 Å². The van der Waals surface area contributed by atoms with E-state index in [0.717, 1.165) is 16.2 Å². The highest BCUT2D eigenvalue weighted by atomic mass is 32.2. The van der Waals surface area contributed by atoms with Crippen LogP contribution in [-0.2, 0) is 5.75 Å². The Kier molecular flexibility index (Phi) is 4.82. The predicted octanol–water partition coefficient (Wildman–Crippen LogP) is 3.52. The third kappa shape index (κ3) is 3.88. The molecule has 1 aromatic heterocycles. The molecule has 1 aromatic carbocycles. The molecule has 0 saturated carbocycles. The number of halogens is 1. The summed E-state index contributed by atoms with van der Waals surface area (Å²) in [6, 6.07) is 8.51. The fourth-order valence-electron chi connectivity index (χ4n) is 1.35. The van der Waals surface area contributed by atoms with Crippen LogP contribution in [0.25, 0.3) is 0 Å². The van der Waals surface area contributed by atoms with Gasteiger partial charge in [0, 0.05) is 26.5 Å². The van der Waals surface area contributed by atoms with Crippen LogP contribution in [0.2, 0.25) is 0 Å². The van der Waals surface area contributed by atoms with Crippen LogP contribution in [0.4, 0.5) is 4.39 Å². The van der Waals surface area contributed by atoms with Crippen molar-refractivity contribution in [1.29, 1.82) is 0 Å². The lowest BCUT2D eigenvalue weighted by atomic mass is 10.3. The number of hydrogen-bond acceptors (Lipinski definition) is 3. The van der Waals surface area contributed by atoms with Gasteiger partial charge in [-0.2, -0.15) is 0 Å². The van der Waals surface area contributed by atoms with Crippen molar-refractivity contribution in [2.75, 3.05) is 6.61 Å². The van der Waals surface area contributed by atoms with Crippen LogP contribution < -0.4 is 0 Å². The molecule has 4 heteroatoms. The van der Waals surface area contributed by atoms with Crippen LogP contribution in [0.3, 0.4) is 0 Å². The third-order valence-electron chi connectivity index (χ3n) is 2.16. The molecule has 18 heavy (non-hydrogen) atoms. The maximum atomic E-state index is 12.7. The fraction of sp³-hybridized carbons (Fsp3) is 0.143. The van der Waals surface area contributed by atoms with Gasteiger partial charge < -0.3 is 5.11 Å². The highest BCUT2D eigenvalue weighted by molar-refractivity contribution is 7.98. The molecule has 0 bridgehead atoms. The van der Waals surface area contributed by atoms with Gasteiger partial charge in [0.05, 0.1) is 0 Å². The SMILES string of the molecule is OCC#Cc1csc(CSc2ccc(F)cc2)c1. The summed E-state index contributed by atoms with van der Waals surface area (Å²) in [5.74, 6) is 6.13. The van der Waals surface area contributed by atoms with Gasteiger partial charge in [0.2, 0.25) is 0 Å². The molecule has 0 atom stereocenters. The lowest BCUT2D eigenvalue weighted by Crippen LogP contribution is -1.77. The molecule has 0 aliphatic carbocycles. The van der Waals surface area contributed by atoms with E-state index in [9.17, 15) is 4.39 Å². The average molecular weight is 278 g/mol. The van der Waals surface area contributed by atoms with E-state index in [1.54, 1.807) is 35.2 Å². The molecule has 1 nitrogen and oxygen atoms in total. The summed E-state index contributed by atoms with van der Waals surface area (Å²) in [7, 11) is 0. The summed E-state index contributed by atoms with van der Waals surface area (Å²) in [5, 5.41) is 10.6. The molecule has 0 fully saturated rings. The Hall–Kier alpha value is -1.28. The van der Waals surface area contributed by atoms with E-state index in [1.165, 1.54) is 17.0 Å². The van der Waals surface area contributed by atoms with Crippen LogP contribution in [0.15, 0.2) is 40.6 Å². The van der Waals surface area contributed by atoms with Crippen LogP contribution in [0.5, 0.6) is 0 Å². The summed E-state index contributed by atoms with van der Waals surface area (Å²) >= 11 is 3.31. The number of rotatable bonds is 3. The first kappa shape index (κ1) is 13.2. The molecule has 2 aromatic rings. The Labute approximate surface area is 114 Å². The molecule has 0 aliphatic rings. The Morgan fingerprint density at radius 2 is 2.06 bits per heavy atom. The smallest absolute Gasteiger partial charge is 0.123 e. The molecule has 0 saturated heterocycles. The second-order valence-electron chi connectivity index (χ2n) is 3.50. The summed E-state index contributed by atoms with van der Waals surface area (Å²) in [6.45, 7) is -0.116. The molecule has 0 radical (unpaired) electrons. The Morgan fingerprint density at radius 3 is 2.78 bits per heavy atom. The normalized spacial score (nSPS) is 9.89. The number of aliphatic hydroxyl groups is 1. The van der Waals surface area contributed by atoms with Crippen LogP contribution in [0.1, 0.15) is 10.4 Å². The maximum Gasteiger partial charge on any atom is 0.123 e. The van der Waals surface area contributed by atoms with Gasteiger partial charge in [-0.3, -0.25) is 0 Å². The van der Waals surface area contributed by atoms with Crippen molar-refractivity contribution in [1.82, 2.24) is 0 Å². The van der Waals surface area contributed by atoms with Gasteiger partial charge in [0.15, 0.2) is 0 Å². The summed E-state index contributed by atoms with van der Waals surface area (Å²) < 4.78 is 12.7. The van der Waals surface area contributed by atoms with Crippen molar-refractivity contribution >= 4 is 23.1 Å². The molecule has 1 heterocycles. The number of thioether (sulfide) groups is 1. The Bertz CT molecular complexity index is 563. The van der Waals surface area contributed by atoms with E-state index < -0.39 is 0 Å². The first-order valence-corrected chi connectivity index (χ1v) is 7.20. The van der Waals surface area contributed by atoms with E-state index >= 15 is 0 Å². The van der Waals surface area contributed by atoms with E-state index in [1.807, 2.05) is 11.4 Å². The van der Waals surface area contributed by atoms with Crippen molar-refractivity contribution < 1.29 is 9.50 Å². The van der Waals surface area contributed by atoms with E-state index in [-0.39, 0.29) is 12.4 Å². The van der Waals surface area contributed by atoms with Crippen molar-refractivity contribution in [2.24, 2.45) is 0 Å². The Balaban J connectivity index is 1.94. The monoisotopic (exact) mass is 278 g/mol. The van der Waals surface area contributed by atoms with Gasteiger partial charge in [-0.05, 0) is 30.3 Å². The van der Waals surface area contributed by atoms with Crippen molar-refractivity contribution in [3.8, 4) is 11.8 Å². The predicted molar refractivity (Wildman–Crippen MR) is 74.2 cm³/mol. The molecule has 1 N–H and O–H groups in total. The molecule has 0 spiro atoms. The second kappa shape index (κ2) is 6.60. The van der Waals surface area contributed by atoms with E-state index in [4.69, 9.17) is 5.11 Å². The van der Waals surface area contributed by atoms with Crippen molar-refractivity contribution in [3.63, 3.8) is 0 Å². The zero-order valence-electron chi connectivity index (χ0n) is 9.52. The van der Waals surface area contributed by atoms with Gasteiger partial charge in [0.1, 0.15) is 12.4 Å². The lowest BCUT2D eigenvalue weighted by molar-refractivity contribution is 0.350. The van der Waals surface area contributed by atoms with Crippen LogP contribution >= 0.6 is 23.1 Å². The van der Waals surface area contributed by atoms with E-state index in [2.05, 4.69) is 11.8 Å². The van der Waals surface area contributed by atoms with Gasteiger partial charge >= 0.3 is 0 Å². The summed E-state index contributed by atoms with van der Waals surface area (Å²) in [5.41, 5.74) is 0.934. The zero-order valence-corrected chi connectivity index (χ0v) is 11.2. The Morgan fingerprint density at radius 1 is 1.28 bits per heavy atom. The molecule has 0 aliphatic heterocycles. The molecule has 0 amide bonds. The summed E-state index contributed by atoms with van der Waals surface area (Å²) in [4.78, 5) is 2.26. The molecule has 2 rings (SSSR count). The highest BCUT2D eigenvalue weighted by Crippen LogP contribution is 2.26. The number of thiophene rings is 1. The minimum atomic E-state index is -0.211. The first-order chi connectivity index (χ1) is 8.78. The topological polar surface area (TPSA) is 20.2 Å². The highest BCUT2D eigenvalue weighted by Gasteiger charge is 2.00. The third-order valence-corrected chi connectivity index (χ3v) is 4.34. The van der Waals surface area contributed by atoms with Crippen LogP contribution in [0, 0.1) is 17.7 Å². The minimum Gasteiger partial charge on any atom is -0.384 e. The van der Waals surface area contributed by atoms with E-state index in [0.29, 0.717) is 0 Å². The maximum absolute atomic E-state index is 12.7. The molecular formula is C14H11FOS2. The molecule has 92 valence electrons. The zero-order chi connectivity index (χ0) is 12.8. The van der Waals surface area contributed by atoms with Crippen molar-refractivity contribution in [3.05, 3.63) is 52.0 Å². The van der Waals surface area contributed by atoms with Gasteiger partial charge in [-0.1, -0.05) is 11.8 Å². The second-order valence-corrected chi connectivity index (χ2v) is 5.55. The quantitative estimate of drug-likeness (QED) is 0.684. The molecular weight excluding hydrogens is 267 g/mol. The standard InChI is InChI=1S/C14H11FOS2/c15-12-3-5-13(6-4-12)18-10-14-8-11(9-17-14)2-1-7-16/h3-6,8-9,16H,7,10H2.